The van der Waals surface area contributed by atoms with Crippen LogP contribution in [0.4, 0.5) is 0 Å². The summed E-state index contributed by atoms with van der Waals surface area (Å²) in [6, 6.07) is 7.59. The van der Waals surface area contributed by atoms with Gasteiger partial charge in [0.25, 0.3) is 5.91 Å². The molecular weight excluding hydrogens is 404 g/mol. The molecule has 0 N–H and O–H groups in total. The lowest BCUT2D eigenvalue weighted by atomic mass is 10.1. The highest BCUT2D eigenvalue weighted by Gasteiger charge is 2.35. The van der Waals surface area contributed by atoms with Crippen molar-refractivity contribution in [3.8, 4) is 11.0 Å². The summed E-state index contributed by atoms with van der Waals surface area (Å²) in [5.74, 6) is 0.566. The fourth-order valence-corrected chi connectivity index (χ4v) is 3.94. The second-order valence-electron chi connectivity index (χ2n) is 5.74. The average molecular weight is 419 g/mol. The first-order chi connectivity index (χ1) is 12.1. The Morgan fingerprint density at radius 1 is 1.32 bits per heavy atom. The maximum Gasteiger partial charge on any atom is 0.266 e. The van der Waals surface area contributed by atoms with Gasteiger partial charge in [-0.15, -0.1) is 0 Å². The molecule has 0 radical (unpaired) electrons. The van der Waals surface area contributed by atoms with Gasteiger partial charge in [-0.25, -0.2) is 9.97 Å². The Hall–Kier alpha value is -2.19. The molecule has 0 aliphatic carbocycles. The van der Waals surface area contributed by atoms with Gasteiger partial charge in [0.05, 0.1) is 23.3 Å². The molecule has 128 valence electrons. The number of ether oxygens (including phenoxy) is 1. The Balaban J connectivity index is 1.41. The van der Waals surface area contributed by atoms with Crippen LogP contribution in [0.1, 0.15) is 15.4 Å². The number of carbonyl (C=O) groups excluding carboxylic acids is 1. The Bertz CT molecular complexity index is 903. The van der Waals surface area contributed by atoms with Gasteiger partial charge < -0.3 is 14.2 Å². The van der Waals surface area contributed by atoms with E-state index < -0.39 is 0 Å². The number of thiazole rings is 1. The molecule has 0 spiro atoms. The Labute approximate surface area is 157 Å². The maximum atomic E-state index is 12.7. The van der Waals surface area contributed by atoms with Crippen molar-refractivity contribution >= 4 is 33.2 Å². The summed E-state index contributed by atoms with van der Waals surface area (Å²) in [5, 5.41) is 0.802. The third-order valence-electron chi connectivity index (χ3n) is 3.94. The molecule has 3 aromatic heterocycles. The van der Waals surface area contributed by atoms with E-state index in [0.717, 1.165) is 15.3 Å². The number of pyridine rings is 1. The summed E-state index contributed by atoms with van der Waals surface area (Å²) < 4.78 is 8.55. The first-order valence-corrected chi connectivity index (χ1v) is 9.40. The van der Waals surface area contributed by atoms with E-state index in [1.54, 1.807) is 11.1 Å². The van der Waals surface area contributed by atoms with Crippen LogP contribution in [0.3, 0.4) is 0 Å². The number of aromatic nitrogens is 3. The van der Waals surface area contributed by atoms with Gasteiger partial charge in [0.1, 0.15) is 11.0 Å². The predicted octanol–water partition coefficient (Wildman–Crippen LogP) is 3.30. The van der Waals surface area contributed by atoms with Gasteiger partial charge in [0.15, 0.2) is 5.13 Å². The minimum absolute atomic E-state index is 0.00772. The van der Waals surface area contributed by atoms with Crippen LogP contribution in [0, 0.1) is 6.92 Å². The number of hydrogen-bond donors (Lipinski definition) is 0. The summed E-state index contributed by atoms with van der Waals surface area (Å²) in [4.78, 5) is 23.9. The van der Waals surface area contributed by atoms with E-state index in [0.29, 0.717) is 23.8 Å². The van der Waals surface area contributed by atoms with Gasteiger partial charge in [-0.3, -0.25) is 4.79 Å². The first kappa shape index (κ1) is 16.3. The molecule has 0 bridgehead atoms. The van der Waals surface area contributed by atoms with Crippen LogP contribution in [0.25, 0.3) is 5.13 Å². The molecule has 0 saturated carbocycles. The van der Waals surface area contributed by atoms with Crippen molar-refractivity contribution in [2.75, 3.05) is 13.1 Å². The molecule has 4 rings (SSSR count). The van der Waals surface area contributed by atoms with Crippen LogP contribution in [0.15, 0.2) is 47.3 Å². The molecule has 0 unspecified atom stereocenters. The predicted molar refractivity (Wildman–Crippen MR) is 98.4 cm³/mol. The van der Waals surface area contributed by atoms with E-state index in [9.17, 15) is 4.79 Å². The van der Waals surface area contributed by atoms with Crippen LogP contribution in [0.2, 0.25) is 0 Å². The van der Waals surface area contributed by atoms with Crippen molar-refractivity contribution in [2.45, 2.75) is 13.0 Å². The summed E-state index contributed by atoms with van der Waals surface area (Å²) in [7, 11) is 0. The maximum absolute atomic E-state index is 12.7. The first-order valence-electron chi connectivity index (χ1n) is 7.79. The summed E-state index contributed by atoms with van der Waals surface area (Å²) >= 11 is 4.82. The minimum Gasteiger partial charge on any atom is -0.470 e. The minimum atomic E-state index is -0.0349. The van der Waals surface area contributed by atoms with Gasteiger partial charge in [0, 0.05) is 18.6 Å². The number of amides is 1. The highest BCUT2D eigenvalue weighted by atomic mass is 79.9. The number of rotatable bonds is 4. The summed E-state index contributed by atoms with van der Waals surface area (Å²) in [6.07, 6.45) is 5.49. The van der Waals surface area contributed by atoms with E-state index in [1.807, 2.05) is 48.1 Å². The van der Waals surface area contributed by atoms with Crippen molar-refractivity contribution in [1.82, 2.24) is 19.4 Å². The fourth-order valence-electron chi connectivity index (χ4n) is 2.59. The van der Waals surface area contributed by atoms with E-state index in [1.165, 1.54) is 11.3 Å². The van der Waals surface area contributed by atoms with Gasteiger partial charge in [0.2, 0.25) is 5.88 Å². The zero-order valence-electron chi connectivity index (χ0n) is 13.4. The SMILES string of the molecule is Cc1nc(-n2cccc2)sc1C(=O)N1CC(Oc2ncccc2Br)C1. The van der Waals surface area contributed by atoms with E-state index in [4.69, 9.17) is 4.74 Å². The Morgan fingerprint density at radius 2 is 2.08 bits per heavy atom. The Kier molecular flexibility index (Phi) is 4.30. The third-order valence-corrected chi connectivity index (χ3v) is 5.71. The average Bonchev–Trinajstić information content (AvgIpc) is 3.21. The molecule has 1 amide bonds. The Morgan fingerprint density at radius 3 is 2.80 bits per heavy atom. The number of likely N-dealkylation sites (tertiary alicyclic amines) is 1. The van der Waals surface area contributed by atoms with Crippen LogP contribution < -0.4 is 4.74 Å². The molecule has 3 aromatic rings. The molecule has 4 heterocycles. The molecule has 6 nitrogen and oxygen atoms in total. The lowest BCUT2D eigenvalue weighted by Crippen LogP contribution is -2.56. The van der Waals surface area contributed by atoms with Crippen molar-refractivity contribution in [2.24, 2.45) is 0 Å². The number of hydrogen-bond acceptors (Lipinski definition) is 5. The van der Waals surface area contributed by atoms with Crippen molar-refractivity contribution in [3.05, 3.63) is 57.9 Å². The monoisotopic (exact) mass is 418 g/mol. The molecule has 1 aliphatic heterocycles. The van der Waals surface area contributed by atoms with Crippen LogP contribution >= 0.6 is 27.3 Å². The quantitative estimate of drug-likeness (QED) is 0.651. The van der Waals surface area contributed by atoms with Gasteiger partial charge in [-0.05, 0) is 47.1 Å². The van der Waals surface area contributed by atoms with Gasteiger partial charge >= 0.3 is 0 Å². The van der Waals surface area contributed by atoms with Crippen molar-refractivity contribution in [1.29, 1.82) is 0 Å². The molecule has 0 atom stereocenters. The van der Waals surface area contributed by atoms with E-state index in [-0.39, 0.29) is 12.0 Å². The van der Waals surface area contributed by atoms with Gasteiger partial charge in [-0.2, -0.15) is 0 Å². The fraction of sp³-hybridized carbons (Fsp3) is 0.235. The van der Waals surface area contributed by atoms with E-state index >= 15 is 0 Å². The topological polar surface area (TPSA) is 60.2 Å². The summed E-state index contributed by atoms with van der Waals surface area (Å²) in [6.45, 7) is 2.98. The molecule has 0 aromatic carbocycles. The molecule has 1 aliphatic rings. The third kappa shape index (κ3) is 3.19. The lowest BCUT2D eigenvalue weighted by molar-refractivity contribution is 0.0160. The van der Waals surface area contributed by atoms with Crippen LogP contribution in [-0.2, 0) is 0 Å². The highest BCUT2D eigenvalue weighted by Crippen LogP contribution is 2.28. The molecule has 1 fully saturated rings. The molecule has 25 heavy (non-hydrogen) atoms. The van der Waals surface area contributed by atoms with Crippen molar-refractivity contribution in [3.63, 3.8) is 0 Å². The van der Waals surface area contributed by atoms with Crippen LogP contribution in [0.5, 0.6) is 5.88 Å². The van der Waals surface area contributed by atoms with Crippen molar-refractivity contribution < 1.29 is 9.53 Å². The second kappa shape index (κ2) is 6.61. The number of aryl methyl sites for hydroxylation is 1. The number of halogens is 1. The highest BCUT2D eigenvalue weighted by molar-refractivity contribution is 9.10. The molecule has 8 heteroatoms. The molecule has 1 saturated heterocycles. The number of carbonyl (C=O) groups is 1. The largest absolute Gasteiger partial charge is 0.470 e. The smallest absolute Gasteiger partial charge is 0.266 e. The zero-order valence-corrected chi connectivity index (χ0v) is 15.8. The lowest BCUT2D eigenvalue weighted by Gasteiger charge is -2.38. The van der Waals surface area contributed by atoms with Gasteiger partial charge in [-0.1, -0.05) is 11.3 Å². The normalized spacial score (nSPS) is 14.4. The standard InChI is InChI=1S/C17H15BrN4O2S/c1-11-14(25-17(20-11)21-7-2-3-8-21)16(23)22-9-12(10-22)24-15-13(18)5-4-6-19-15/h2-8,12H,9-10H2,1H3. The number of nitrogens with zero attached hydrogens (tertiary/aromatic N) is 4. The second-order valence-corrected chi connectivity index (χ2v) is 7.57. The van der Waals surface area contributed by atoms with Crippen LogP contribution in [-0.4, -0.2) is 44.5 Å². The van der Waals surface area contributed by atoms with E-state index in [2.05, 4.69) is 25.9 Å². The molecular formula is C17H15BrN4O2S. The summed E-state index contributed by atoms with van der Waals surface area (Å²) in [5.41, 5.74) is 0.760. The zero-order chi connectivity index (χ0) is 17.4.